The Hall–Kier alpha value is -5.84. The van der Waals surface area contributed by atoms with Crippen LogP contribution in [0.4, 0.5) is 18.4 Å². The number of likely N-dealkylation sites (tertiary alicyclic amines) is 1. The predicted octanol–water partition coefficient (Wildman–Crippen LogP) is 9.26. The van der Waals surface area contributed by atoms with E-state index in [1.165, 1.54) is 11.0 Å². The highest BCUT2D eigenvalue weighted by Gasteiger charge is 2.48. The topological polar surface area (TPSA) is 175 Å². The number of benzene rings is 3. The molecule has 4 fully saturated rings. The van der Waals surface area contributed by atoms with Crippen LogP contribution in [0.15, 0.2) is 54.7 Å². The third-order valence-corrected chi connectivity index (χ3v) is 16.5. The number of hydrogen-bond donors (Lipinski definition) is 4. The summed E-state index contributed by atoms with van der Waals surface area (Å²) in [7, 11) is -1.86. The number of aromatic nitrogens is 4. The van der Waals surface area contributed by atoms with Crippen molar-refractivity contribution in [3.63, 3.8) is 0 Å². The van der Waals surface area contributed by atoms with E-state index in [4.69, 9.17) is 19.4 Å². The molecule has 2 aliphatic carbocycles. The van der Waals surface area contributed by atoms with Crippen LogP contribution in [0.1, 0.15) is 97.4 Å². The quantitative estimate of drug-likeness (QED) is 0.0896. The second-order valence-corrected chi connectivity index (χ2v) is 26.0. The summed E-state index contributed by atoms with van der Waals surface area (Å²) in [5.74, 6) is -0.359. The average molecular weight is 923 g/mol. The summed E-state index contributed by atoms with van der Waals surface area (Å²) in [4.78, 5) is 73.3. The van der Waals surface area contributed by atoms with E-state index in [0.717, 1.165) is 42.5 Å². The molecule has 4 amide bonds. The molecule has 66 heavy (non-hydrogen) atoms. The molecule has 2 saturated carbocycles. The van der Waals surface area contributed by atoms with E-state index in [-0.39, 0.29) is 36.8 Å². The van der Waals surface area contributed by atoms with Crippen molar-refractivity contribution < 1.29 is 37.4 Å². The first-order chi connectivity index (χ1) is 31.2. The minimum Gasteiger partial charge on any atom is -0.443 e. The number of nitrogens with one attached hydrogen (secondary N) is 4. The Kier molecular flexibility index (Phi) is 11.5. The van der Waals surface area contributed by atoms with Gasteiger partial charge in [0.2, 0.25) is 11.8 Å². The summed E-state index contributed by atoms with van der Waals surface area (Å²) < 4.78 is 42.4. The molecule has 14 nitrogen and oxygen atoms in total. The number of alkyl halides is 1. The third-order valence-electron chi connectivity index (χ3n) is 13.8. The molecular weight excluding hydrogens is 863 g/mol. The number of alkyl carbamates (subject to hydrolysis) is 2. The van der Waals surface area contributed by atoms with Gasteiger partial charge in [-0.05, 0) is 86.6 Å². The van der Waals surface area contributed by atoms with Crippen molar-refractivity contribution in [2.45, 2.75) is 134 Å². The van der Waals surface area contributed by atoms with Crippen LogP contribution in [-0.4, -0.2) is 104 Å². The van der Waals surface area contributed by atoms with Crippen molar-refractivity contribution in [2.24, 2.45) is 11.8 Å². The van der Waals surface area contributed by atoms with E-state index in [1.54, 1.807) is 12.3 Å². The Balaban J connectivity index is 0.917. The van der Waals surface area contributed by atoms with Crippen molar-refractivity contribution in [1.82, 2.24) is 40.4 Å². The van der Waals surface area contributed by atoms with E-state index in [2.05, 4.69) is 33.7 Å². The van der Waals surface area contributed by atoms with Gasteiger partial charge < -0.3 is 39.9 Å². The lowest BCUT2D eigenvalue weighted by molar-refractivity contribution is -0.136. The molecule has 2 aliphatic heterocycles. The second kappa shape index (κ2) is 16.8. The number of ether oxygens (including phenoxy) is 2. The van der Waals surface area contributed by atoms with Gasteiger partial charge in [-0.15, -0.1) is 0 Å². The van der Waals surface area contributed by atoms with Crippen LogP contribution in [-0.2, 0) is 19.1 Å². The van der Waals surface area contributed by atoms with Gasteiger partial charge in [-0.2, -0.15) is 0 Å². The summed E-state index contributed by atoms with van der Waals surface area (Å²) >= 11 is 0. The molecule has 3 aromatic carbocycles. The molecule has 2 saturated heterocycles. The van der Waals surface area contributed by atoms with E-state index in [1.807, 2.05) is 82.8 Å². The maximum Gasteiger partial charge on any atom is 0.408 e. The van der Waals surface area contributed by atoms with Crippen molar-refractivity contribution in [3.8, 4) is 22.4 Å². The van der Waals surface area contributed by atoms with Crippen LogP contribution in [0.3, 0.4) is 0 Å². The second-order valence-electron chi connectivity index (χ2n) is 21.0. The largest absolute Gasteiger partial charge is 0.443 e. The number of H-pyrrole nitrogens is 2. The third kappa shape index (κ3) is 9.14. The van der Waals surface area contributed by atoms with Crippen LogP contribution < -0.4 is 10.6 Å². The summed E-state index contributed by atoms with van der Waals surface area (Å²) in [6, 6.07) is 12.6. The maximum atomic E-state index is 16.2. The molecule has 5 atom stereocenters. The molecular formula is C49H60F2N8O6Si. The maximum absolute atomic E-state index is 16.2. The minimum atomic E-state index is -1.86. The van der Waals surface area contributed by atoms with Crippen molar-refractivity contribution >= 4 is 53.9 Å². The molecule has 4 heterocycles. The molecule has 5 aromatic rings. The monoisotopic (exact) mass is 922 g/mol. The molecule has 17 heteroatoms. The Morgan fingerprint density at radius 3 is 2.03 bits per heavy atom. The number of amides is 4. The number of fused-ring (bicyclic) bond motifs is 3. The zero-order chi connectivity index (χ0) is 47.0. The normalized spacial score (nSPS) is 22.5. The number of nitrogens with zero attached hydrogens (tertiary/aromatic N) is 4. The van der Waals surface area contributed by atoms with Gasteiger partial charge in [0.15, 0.2) is 0 Å². The molecule has 350 valence electrons. The SMILES string of the molecule is CC(C)[C@H](NC(=O)OC1(C)CC1)C(=O)N1C[Si](C)(C)C[C@@H]1c1ncc(-c2ccc(-c3ccc4c(ccc5[nH]c([C@H]6C[C@H](F)CN6C(=O)[C@@H](NC(=O)OC6(C)CC6)C(C)C)nc54)c3)c(F)c2)[nH]1. The fourth-order valence-corrected chi connectivity index (χ4v) is 12.3. The van der Waals surface area contributed by atoms with E-state index in [0.29, 0.717) is 51.2 Å². The fourth-order valence-electron chi connectivity index (χ4n) is 9.45. The number of carbonyl (C=O) groups excluding carboxylic acids is 4. The van der Waals surface area contributed by atoms with Gasteiger partial charge in [-0.25, -0.2) is 28.3 Å². The average Bonchev–Trinajstić information content (AvgIpc) is 3.79. The standard InChI is InChI=1S/C49H60F2N8O6Si/c1-26(2)39(56-46(62)64-48(5)15-16-48)44(60)58-23-31(50)21-37(58)43-53-35-14-11-29-19-28(9-13-33(29)41(35)55-43)32-12-10-30(20-34(32)51)36-22-52-42(54-36)38-24-66(7,8)25-59(38)45(61)40(27(3)4)57-47(63)65-49(6)17-18-49/h9-14,19-20,22,26-27,31,37-40H,15-18,21,23-25H2,1-8H3,(H,52,54)(H,53,55)(H,56,62)(H,57,63)/t31-,37+,38+,39-,40-/m0/s1. The van der Waals surface area contributed by atoms with Gasteiger partial charge in [0.1, 0.15) is 46.9 Å². The smallest absolute Gasteiger partial charge is 0.408 e. The molecule has 0 bridgehead atoms. The number of hydrogen-bond acceptors (Lipinski definition) is 8. The Bertz CT molecular complexity index is 2730. The molecule has 0 unspecified atom stereocenters. The van der Waals surface area contributed by atoms with Crippen LogP contribution in [0.25, 0.3) is 44.2 Å². The summed E-state index contributed by atoms with van der Waals surface area (Å²) in [5.41, 5.74) is 2.68. The molecule has 9 rings (SSSR count). The number of carbonyl (C=O) groups is 4. The summed E-state index contributed by atoms with van der Waals surface area (Å²) in [6.45, 7) is 15.6. The lowest BCUT2D eigenvalue weighted by Crippen LogP contribution is -2.52. The number of aromatic amines is 2. The number of halogens is 2. The van der Waals surface area contributed by atoms with Crippen LogP contribution in [0.5, 0.6) is 0 Å². The van der Waals surface area contributed by atoms with E-state index >= 15 is 8.78 Å². The van der Waals surface area contributed by atoms with E-state index in [9.17, 15) is 19.2 Å². The first kappa shape index (κ1) is 45.3. The predicted molar refractivity (Wildman–Crippen MR) is 249 cm³/mol. The first-order valence-corrected chi connectivity index (χ1v) is 26.6. The minimum absolute atomic E-state index is 0.0595. The zero-order valence-corrected chi connectivity index (χ0v) is 39.9. The van der Waals surface area contributed by atoms with Gasteiger partial charge in [-0.1, -0.05) is 71.1 Å². The molecule has 4 aliphatic rings. The van der Waals surface area contributed by atoms with Crippen molar-refractivity contribution in [2.75, 3.05) is 12.7 Å². The Morgan fingerprint density at radius 2 is 1.42 bits per heavy atom. The highest BCUT2D eigenvalue weighted by Crippen LogP contribution is 2.42. The van der Waals surface area contributed by atoms with Crippen molar-refractivity contribution in [3.05, 3.63) is 72.2 Å². The van der Waals surface area contributed by atoms with Gasteiger partial charge in [0.05, 0.1) is 49.6 Å². The zero-order valence-electron chi connectivity index (χ0n) is 38.9. The van der Waals surface area contributed by atoms with Gasteiger partial charge in [-0.3, -0.25) is 9.59 Å². The molecule has 4 N–H and O–H groups in total. The highest BCUT2D eigenvalue weighted by molar-refractivity contribution is 6.78. The summed E-state index contributed by atoms with van der Waals surface area (Å²) in [5, 5.41) is 7.21. The Morgan fingerprint density at radius 1 is 0.803 bits per heavy atom. The van der Waals surface area contributed by atoms with Crippen LogP contribution in [0.2, 0.25) is 19.1 Å². The van der Waals surface area contributed by atoms with Crippen molar-refractivity contribution in [1.29, 1.82) is 0 Å². The fraction of sp³-hybridized carbons (Fsp3) is 0.510. The molecule has 0 spiro atoms. The lowest BCUT2D eigenvalue weighted by Gasteiger charge is -2.31. The molecule has 2 aromatic heterocycles. The lowest BCUT2D eigenvalue weighted by atomic mass is 9.98. The van der Waals surface area contributed by atoms with Gasteiger partial charge >= 0.3 is 12.2 Å². The number of imidazole rings is 2. The Labute approximate surface area is 384 Å². The van der Waals surface area contributed by atoms with Gasteiger partial charge in [0, 0.05) is 29.1 Å². The first-order valence-electron chi connectivity index (χ1n) is 23.2. The highest BCUT2D eigenvalue weighted by atomic mass is 28.3. The van der Waals surface area contributed by atoms with Gasteiger partial charge in [0.25, 0.3) is 0 Å². The van der Waals surface area contributed by atoms with Crippen LogP contribution >= 0.6 is 0 Å². The van der Waals surface area contributed by atoms with E-state index < -0.39 is 67.5 Å². The van der Waals surface area contributed by atoms with Crippen LogP contribution in [0, 0.1) is 17.7 Å². The molecule has 0 radical (unpaired) electrons. The number of rotatable bonds is 12. The summed E-state index contributed by atoms with van der Waals surface area (Å²) in [6.07, 6.45) is 2.99.